The second kappa shape index (κ2) is 14.1. The summed E-state index contributed by atoms with van der Waals surface area (Å²) in [5.74, 6) is 0.515. The fourth-order valence-corrected chi connectivity index (χ4v) is 3.30. The van der Waals surface area contributed by atoms with Crippen LogP contribution in [0.3, 0.4) is 0 Å². The van der Waals surface area contributed by atoms with Gasteiger partial charge in [-0.1, -0.05) is 33.1 Å². The van der Waals surface area contributed by atoms with Crippen LogP contribution in [0.15, 0.2) is 17.4 Å². The molecular weight excluding hydrogens is 510 g/mol. The van der Waals surface area contributed by atoms with Crippen molar-refractivity contribution in [1.29, 1.82) is 0 Å². The molecule has 0 spiro atoms. The van der Waals surface area contributed by atoms with Gasteiger partial charge in [-0.3, -0.25) is 4.99 Å². The van der Waals surface area contributed by atoms with Gasteiger partial charge >= 0.3 is 6.18 Å². The van der Waals surface area contributed by atoms with Crippen molar-refractivity contribution in [2.75, 3.05) is 19.6 Å². The maximum absolute atomic E-state index is 13.6. The first-order valence-corrected chi connectivity index (χ1v) is 10.5. The molecule has 2 unspecified atom stereocenters. The zero-order chi connectivity index (χ0) is 21.9. The number of alkyl halides is 3. The molecule has 1 heterocycles. The standard InChI is InChI=1S/C20H36F3N5O.HI/c1-5-8-10-16(9-6-2)15-27-18(24-7-3)26-12-11-19(29,20(21,22)23)17-25-13-14-28(17)4;/h13-14,16,29H,5-12,15H2,1-4H3,(H2,24,26,27);1H. The van der Waals surface area contributed by atoms with Crippen molar-refractivity contribution < 1.29 is 18.3 Å². The lowest BCUT2D eigenvalue weighted by Crippen LogP contribution is -2.48. The number of unbranched alkanes of at least 4 members (excludes halogenated alkanes) is 1. The maximum atomic E-state index is 13.6. The maximum Gasteiger partial charge on any atom is 0.424 e. The van der Waals surface area contributed by atoms with E-state index in [4.69, 9.17) is 0 Å². The second-order valence-electron chi connectivity index (χ2n) is 7.41. The van der Waals surface area contributed by atoms with E-state index in [0.717, 1.165) is 32.1 Å². The zero-order valence-corrected chi connectivity index (χ0v) is 20.8. The first-order valence-electron chi connectivity index (χ1n) is 10.5. The summed E-state index contributed by atoms with van der Waals surface area (Å²) in [6, 6.07) is 0. The molecule has 0 aliphatic heterocycles. The predicted molar refractivity (Wildman–Crippen MR) is 125 cm³/mol. The highest BCUT2D eigenvalue weighted by Gasteiger charge is 2.57. The van der Waals surface area contributed by atoms with Gasteiger partial charge in [0.05, 0.1) is 0 Å². The number of aromatic nitrogens is 2. The minimum Gasteiger partial charge on any atom is -0.374 e. The van der Waals surface area contributed by atoms with Gasteiger partial charge in [0.2, 0.25) is 5.60 Å². The number of nitrogens with zero attached hydrogens (tertiary/aromatic N) is 3. The number of hydrogen-bond acceptors (Lipinski definition) is 3. The number of halogens is 4. The van der Waals surface area contributed by atoms with Gasteiger partial charge < -0.3 is 20.3 Å². The third-order valence-corrected chi connectivity index (χ3v) is 4.95. The van der Waals surface area contributed by atoms with Crippen LogP contribution in [-0.4, -0.2) is 46.4 Å². The lowest BCUT2D eigenvalue weighted by atomic mass is 9.97. The van der Waals surface area contributed by atoms with Crippen LogP contribution in [-0.2, 0) is 12.6 Å². The molecule has 176 valence electrons. The Morgan fingerprint density at radius 2 is 1.90 bits per heavy atom. The third-order valence-electron chi connectivity index (χ3n) is 4.95. The summed E-state index contributed by atoms with van der Waals surface area (Å²) in [5.41, 5.74) is -3.03. The van der Waals surface area contributed by atoms with Gasteiger partial charge in [-0.2, -0.15) is 13.2 Å². The van der Waals surface area contributed by atoms with E-state index in [1.807, 2.05) is 6.92 Å². The van der Waals surface area contributed by atoms with Crippen molar-refractivity contribution in [3.05, 3.63) is 18.2 Å². The molecule has 0 amide bonds. The van der Waals surface area contributed by atoms with E-state index in [1.54, 1.807) is 0 Å². The van der Waals surface area contributed by atoms with Crippen LogP contribution >= 0.6 is 24.0 Å². The Morgan fingerprint density at radius 3 is 2.40 bits per heavy atom. The molecule has 1 aromatic rings. The Labute approximate surface area is 195 Å². The van der Waals surface area contributed by atoms with Crippen LogP contribution in [0.2, 0.25) is 0 Å². The molecule has 0 aromatic carbocycles. The van der Waals surface area contributed by atoms with Crippen molar-refractivity contribution in [1.82, 2.24) is 20.2 Å². The smallest absolute Gasteiger partial charge is 0.374 e. The number of aliphatic imine (C=N–C) groups is 1. The molecule has 0 fully saturated rings. The predicted octanol–water partition coefficient (Wildman–Crippen LogP) is 4.34. The molecule has 0 saturated carbocycles. The Balaban J connectivity index is 0.00000841. The summed E-state index contributed by atoms with van der Waals surface area (Å²) in [6.45, 7) is 7.33. The van der Waals surface area contributed by atoms with Gasteiger partial charge in [0, 0.05) is 45.5 Å². The van der Waals surface area contributed by atoms with Gasteiger partial charge in [-0.05, 0) is 25.7 Å². The summed E-state index contributed by atoms with van der Waals surface area (Å²) < 4.78 is 42.0. The van der Waals surface area contributed by atoms with Crippen molar-refractivity contribution in [3.8, 4) is 0 Å². The highest BCUT2D eigenvalue weighted by molar-refractivity contribution is 14.0. The first kappa shape index (κ1) is 29.0. The average Bonchev–Trinajstić information content (AvgIpc) is 3.09. The highest BCUT2D eigenvalue weighted by Crippen LogP contribution is 2.40. The summed E-state index contributed by atoms with van der Waals surface area (Å²) in [7, 11) is 1.43. The summed E-state index contributed by atoms with van der Waals surface area (Å²) in [4.78, 5) is 8.27. The molecule has 0 aliphatic rings. The van der Waals surface area contributed by atoms with Crippen molar-refractivity contribution in [3.63, 3.8) is 0 Å². The topological polar surface area (TPSA) is 74.5 Å². The molecule has 0 aliphatic carbocycles. The van der Waals surface area contributed by atoms with Gasteiger partial charge in [-0.25, -0.2) is 4.98 Å². The quantitative estimate of drug-likeness (QED) is 0.207. The fourth-order valence-electron chi connectivity index (χ4n) is 3.30. The van der Waals surface area contributed by atoms with Crippen LogP contribution in [0.1, 0.15) is 65.1 Å². The number of aliphatic hydroxyl groups is 1. The molecule has 3 N–H and O–H groups in total. The molecule has 1 aromatic heterocycles. The summed E-state index contributed by atoms with van der Waals surface area (Å²) in [5, 5.41) is 16.4. The Morgan fingerprint density at radius 1 is 1.20 bits per heavy atom. The van der Waals surface area contributed by atoms with E-state index in [2.05, 4.69) is 34.5 Å². The lowest BCUT2D eigenvalue weighted by molar-refractivity contribution is -0.272. The Bertz CT molecular complexity index is 624. The van der Waals surface area contributed by atoms with Crippen LogP contribution in [0.25, 0.3) is 0 Å². The monoisotopic (exact) mass is 547 g/mol. The van der Waals surface area contributed by atoms with Crippen molar-refractivity contribution >= 4 is 29.9 Å². The summed E-state index contributed by atoms with van der Waals surface area (Å²) in [6.07, 6.45) is 2.75. The second-order valence-corrected chi connectivity index (χ2v) is 7.41. The lowest BCUT2D eigenvalue weighted by Gasteiger charge is -2.30. The number of nitrogens with one attached hydrogen (secondary N) is 2. The van der Waals surface area contributed by atoms with E-state index < -0.39 is 24.0 Å². The van der Waals surface area contributed by atoms with Crippen molar-refractivity contribution in [2.45, 2.75) is 71.1 Å². The molecule has 1 rings (SSSR count). The van der Waals surface area contributed by atoms with Gasteiger partial charge in [0.15, 0.2) is 5.96 Å². The molecule has 0 radical (unpaired) electrons. The first-order chi connectivity index (χ1) is 13.7. The zero-order valence-electron chi connectivity index (χ0n) is 18.4. The molecule has 2 atom stereocenters. The van der Waals surface area contributed by atoms with Crippen LogP contribution in [0.4, 0.5) is 13.2 Å². The van der Waals surface area contributed by atoms with Crippen LogP contribution in [0, 0.1) is 5.92 Å². The van der Waals surface area contributed by atoms with Crippen molar-refractivity contribution in [2.24, 2.45) is 18.0 Å². The minimum atomic E-state index is -4.84. The molecule has 6 nitrogen and oxygen atoms in total. The Kier molecular flexibility index (Phi) is 13.6. The molecule has 10 heteroatoms. The number of imidazole rings is 1. The van der Waals surface area contributed by atoms with Crippen LogP contribution < -0.4 is 10.6 Å². The third kappa shape index (κ3) is 8.60. The SMILES string of the molecule is CCCCC(CCC)CN=C(NCC)NCCC(O)(c1nccn1C)C(F)(F)F.I. The normalized spacial score (nSPS) is 15.3. The van der Waals surface area contributed by atoms with E-state index in [0.29, 0.717) is 25.0 Å². The van der Waals surface area contributed by atoms with E-state index in [9.17, 15) is 18.3 Å². The molecule has 30 heavy (non-hydrogen) atoms. The average molecular weight is 547 g/mol. The Hall–Kier alpha value is -1.04. The van der Waals surface area contributed by atoms with E-state index in [-0.39, 0.29) is 30.5 Å². The van der Waals surface area contributed by atoms with E-state index >= 15 is 0 Å². The molecule has 0 saturated heterocycles. The van der Waals surface area contributed by atoms with Gasteiger partial charge in [-0.15, -0.1) is 24.0 Å². The number of rotatable bonds is 12. The fraction of sp³-hybridized carbons (Fsp3) is 0.800. The molecular formula is C20H37F3IN5O. The summed E-state index contributed by atoms with van der Waals surface area (Å²) >= 11 is 0. The van der Waals surface area contributed by atoms with E-state index in [1.165, 1.54) is 24.0 Å². The largest absolute Gasteiger partial charge is 0.424 e. The molecule has 0 bridgehead atoms. The number of hydrogen-bond donors (Lipinski definition) is 3. The van der Waals surface area contributed by atoms with Gasteiger partial charge in [0.25, 0.3) is 0 Å². The number of aryl methyl sites for hydroxylation is 1. The number of guanidine groups is 1. The van der Waals surface area contributed by atoms with Gasteiger partial charge in [0.1, 0.15) is 5.82 Å². The highest BCUT2D eigenvalue weighted by atomic mass is 127. The minimum absolute atomic E-state index is 0. The van der Waals surface area contributed by atoms with Crippen LogP contribution in [0.5, 0.6) is 0 Å².